The summed E-state index contributed by atoms with van der Waals surface area (Å²) >= 11 is 6.24. The van der Waals surface area contributed by atoms with E-state index in [4.69, 9.17) is 17.3 Å². The SMILES string of the molecule is CC(C)C[C@H](NC(N)=O)C(=O)N1CCN(c2ccccc2Cl)CC1. The van der Waals surface area contributed by atoms with Gasteiger partial charge in [-0.05, 0) is 24.5 Å². The van der Waals surface area contributed by atoms with Crippen LogP contribution in [0.2, 0.25) is 5.02 Å². The van der Waals surface area contributed by atoms with Crippen LogP contribution in [-0.2, 0) is 4.79 Å². The molecular formula is C17H25ClN4O2. The molecule has 0 aliphatic carbocycles. The second kappa shape index (κ2) is 8.24. The zero-order chi connectivity index (χ0) is 17.7. The lowest BCUT2D eigenvalue weighted by Gasteiger charge is -2.38. The molecule has 0 bridgehead atoms. The zero-order valence-electron chi connectivity index (χ0n) is 14.2. The molecule has 3 N–H and O–H groups in total. The maximum absolute atomic E-state index is 12.7. The molecule has 24 heavy (non-hydrogen) atoms. The number of nitrogens with zero attached hydrogens (tertiary/aromatic N) is 2. The number of piperazine rings is 1. The van der Waals surface area contributed by atoms with Crippen molar-refractivity contribution in [2.45, 2.75) is 26.3 Å². The largest absolute Gasteiger partial charge is 0.367 e. The Kier molecular flexibility index (Phi) is 6.31. The number of carbonyl (C=O) groups is 2. The Bertz CT molecular complexity index is 586. The van der Waals surface area contributed by atoms with E-state index in [9.17, 15) is 9.59 Å². The van der Waals surface area contributed by atoms with Crippen molar-refractivity contribution < 1.29 is 9.59 Å². The van der Waals surface area contributed by atoms with Crippen molar-refractivity contribution in [2.75, 3.05) is 31.1 Å². The number of urea groups is 1. The lowest BCUT2D eigenvalue weighted by atomic mass is 10.0. The van der Waals surface area contributed by atoms with Crippen LogP contribution in [0.4, 0.5) is 10.5 Å². The molecule has 0 aromatic heterocycles. The number of nitrogens with two attached hydrogens (primary N) is 1. The molecule has 0 spiro atoms. The first-order valence-electron chi connectivity index (χ1n) is 8.22. The van der Waals surface area contributed by atoms with Crippen LogP contribution < -0.4 is 16.0 Å². The Hall–Kier alpha value is -1.95. The van der Waals surface area contributed by atoms with E-state index in [0.717, 1.165) is 5.69 Å². The van der Waals surface area contributed by atoms with E-state index in [1.165, 1.54) is 0 Å². The Morgan fingerprint density at radius 1 is 1.21 bits per heavy atom. The zero-order valence-corrected chi connectivity index (χ0v) is 14.9. The maximum atomic E-state index is 12.7. The normalized spacial score (nSPS) is 16.2. The number of rotatable bonds is 5. The van der Waals surface area contributed by atoms with Gasteiger partial charge in [-0.15, -0.1) is 0 Å². The standard InChI is InChI=1S/C17H25ClN4O2/c1-12(2)11-14(20-17(19)24)16(23)22-9-7-21(8-10-22)15-6-4-3-5-13(15)18/h3-6,12,14H,7-11H2,1-2H3,(H3,19,20,24)/t14-/m0/s1. The van der Waals surface area contributed by atoms with E-state index in [-0.39, 0.29) is 11.8 Å². The van der Waals surface area contributed by atoms with Gasteiger partial charge >= 0.3 is 6.03 Å². The lowest BCUT2D eigenvalue weighted by molar-refractivity contribution is -0.133. The van der Waals surface area contributed by atoms with Gasteiger partial charge in [0.2, 0.25) is 5.91 Å². The van der Waals surface area contributed by atoms with Gasteiger partial charge in [0.25, 0.3) is 0 Å². The lowest BCUT2D eigenvalue weighted by Crippen LogP contribution is -2.56. The van der Waals surface area contributed by atoms with Crippen molar-refractivity contribution in [1.29, 1.82) is 0 Å². The van der Waals surface area contributed by atoms with Crippen LogP contribution in [0.1, 0.15) is 20.3 Å². The molecule has 1 saturated heterocycles. The Morgan fingerprint density at radius 3 is 2.38 bits per heavy atom. The van der Waals surface area contributed by atoms with E-state index in [2.05, 4.69) is 10.2 Å². The van der Waals surface area contributed by atoms with Gasteiger partial charge in [-0.1, -0.05) is 37.6 Å². The number of benzene rings is 1. The van der Waals surface area contributed by atoms with Crippen molar-refractivity contribution >= 4 is 29.2 Å². The van der Waals surface area contributed by atoms with Crippen LogP contribution >= 0.6 is 11.6 Å². The van der Waals surface area contributed by atoms with Crippen LogP contribution in [0.3, 0.4) is 0 Å². The molecule has 132 valence electrons. The van der Waals surface area contributed by atoms with Gasteiger partial charge in [0, 0.05) is 26.2 Å². The molecular weight excluding hydrogens is 328 g/mol. The Balaban J connectivity index is 1.98. The van der Waals surface area contributed by atoms with Crippen molar-refractivity contribution in [3.05, 3.63) is 29.3 Å². The maximum Gasteiger partial charge on any atom is 0.312 e. The summed E-state index contributed by atoms with van der Waals surface area (Å²) < 4.78 is 0. The number of anilines is 1. The summed E-state index contributed by atoms with van der Waals surface area (Å²) in [5, 5.41) is 3.29. The van der Waals surface area contributed by atoms with Crippen molar-refractivity contribution in [2.24, 2.45) is 11.7 Å². The highest BCUT2D eigenvalue weighted by Gasteiger charge is 2.29. The summed E-state index contributed by atoms with van der Waals surface area (Å²) in [5.74, 6) is 0.219. The molecule has 0 saturated carbocycles. The van der Waals surface area contributed by atoms with Gasteiger partial charge in [0.15, 0.2) is 0 Å². The molecule has 2 rings (SSSR count). The molecule has 6 nitrogen and oxygen atoms in total. The van der Waals surface area contributed by atoms with Gasteiger partial charge in [-0.25, -0.2) is 4.79 Å². The number of carbonyl (C=O) groups excluding carboxylic acids is 2. The number of halogens is 1. The first kappa shape index (κ1) is 18.4. The monoisotopic (exact) mass is 352 g/mol. The summed E-state index contributed by atoms with van der Waals surface area (Å²) in [7, 11) is 0. The smallest absolute Gasteiger partial charge is 0.312 e. The number of amides is 3. The molecule has 1 heterocycles. The van der Waals surface area contributed by atoms with Crippen molar-refractivity contribution in [3.63, 3.8) is 0 Å². The fraction of sp³-hybridized carbons (Fsp3) is 0.529. The average molecular weight is 353 g/mol. The number of para-hydroxylation sites is 1. The summed E-state index contributed by atoms with van der Waals surface area (Å²) in [6.45, 7) is 6.63. The Labute approximate surface area is 147 Å². The molecule has 7 heteroatoms. The van der Waals surface area contributed by atoms with Gasteiger partial charge in [0.05, 0.1) is 10.7 Å². The molecule has 3 amide bonds. The predicted octanol–water partition coefficient (Wildman–Crippen LogP) is 2.07. The van der Waals surface area contributed by atoms with Crippen molar-refractivity contribution in [3.8, 4) is 0 Å². The number of hydrogen-bond donors (Lipinski definition) is 2. The topological polar surface area (TPSA) is 78.7 Å². The second-order valence-corrected chi connectivity index (χ2v) is 6.86. The minimum Gasteiger partial charge on any atom is -0.367 e. The van der Waals surface area contributed by atoms with E-state index in [1.807, 2.05) is 38.1 Å². The van der Waals surface area contributed by atoms with E-state index in [0.29, 0.717) is 37.6 Å². The second-order valence-electron chi connectivity index (χ2n) is 6.45. The summed E-state index contributed by atoms with van der Waals surface area (Å²) in [6.07, 6.45) is 0.576. The molecule has 1 aromatic rings. The quantitative estimate of drug-likeness (QED) is 0.851. The number of primary amides is 1. The van der Waals surface area contributed by atoms with Crippen LogP contribution in [0, 0.1) is 5.92 Å². The third kappa shape index (κ3) is 4.77. The first-order chi connectivity index (χ1) is 11.4. The Morgan fingerprint density at radius 2 is 1.83 bits per heavy atom. The van der Waals surface area contributed by atoms with Crippen LogP contribution in [-0.4, -0.2) is 49.1 Å². The minimum absolute atomic E-state index is 0.0682. The van der Waals surface area contributed by atoms with Crippen LogP contribution in [0.25, 0.3) is 0 Å². The highest BCUT2D eigenvalue weighted by Crippen LogP contribution is 2.26. The van der Waals surface area contributed by atoms with Gasteiger partial charge in [-0.3, -0.25) is 4.79 Å². The van der Waals surface area contributed by atoms with E-state index >= 15 is 0 Å². The highest BCUT2D eigenvalue weighted by molar-refractivity contribution is 6.33. The van der Waals surface area contributed by atoms with Crippen molar-refractivity contribution in [1.82, 2.24) is 10.2 Å². The molecule has 1 aliphatic heterocycles. The van der Waals surface area contributed by atoms with Gasteiger partial charge in [0.1, 0.15) is 6.04 Å². The van der Waals surface area contributed by atoms with Gasteiger partial charge in [-0.2, -0.15) is 0 Å². The fourth-order valence-corrected chi connectivity index (χ4v) is 3.22. The first-order valence-corrected chi connectivity index (χ1v) is 8.60. The summed E-state index contributed by atoms with van der Waals surface area (Å²) in [6, 6.07) is 6.48. The summed E-state index contributed by atoms with van der Waals surface area (Å²) in [4.78, 5) is 27.8. The molecule has 1 fully saturated rings. The molecule has 0 radical (unpaired) electrons. The van der Waals surface area contributed by atoms with Gasteiger partial charge < -0.3 is 20.9 Å². The molecule has 1 aromatic carbocycles. The third-order valence-corrected chi connectivity index (χ3v) is 4.43. The minimum atomic E-state index is -0.663. The third-order valence-electron chi connectivity index (χ3n) is 4.11. The van der Waals surface area contributed by atoms with Crippen LogP contribution in [0.15, 0.2) is 24.3 Å². The highest BCUT2D eigenvalue weighted by atomic mass is 35.5. The molecule has 0 unspecified atom stereocenters. The number of nitrogens with one attached hydrogen (secondary N) is 1. The average Bonchev–Trinajstić information content (AvgIpc) is 2.53. The molecule has 1 aliphatic rings. The number of hydrogen-bond acceptors (Lipinski definition) is 3. The van der Waals surface area contributed by atoms with E-state index < -0.39 is 12.1 Å². The molecule has 1 atom stereocenters. The van der Waals surface area contributed by atoms with Crippen LogP contribution in [0.5, 0.6) is 0 Å². The summed E-state index contributed by atoms with van der Waals surface area (Å²) in [5.41, 5.74) is 6.19. The predicted molar refractivity (Wildman–Crippen MR) is 96.2 cm³/mol. The fourth-order valence-electron chi connectivity index (χ4n) is 2.96. The van der Waals surface area contributed by atoms with E-state index in [1.54, 1.807) is 4.90 Å².